The van der Waals surface area contributed by atoms with E-state index >= 15 is 0 Å². The Morgan fingerprint density at radius 2 is 1.73 bits per heavy atom. The minimum atomic E-state index is -0.399. The third-order valence-corrected chi connectivity index (χ3v) is 6.46. The van der Waals surface area contributed by atoms with E-state index in [9.17, 15) is 9.59 Å². The van der Waals surface area contributed by atoms with Gasteiger partial charge in [-0.05, 0) is 36.4 Å². The molecular formula is C23H15Cl2NO3S. The van der Waals surface area contributed by atoms with E-state index in [4.69, 9.17) is 27.9 Å². The molecule has 0 aliphatic heterocycles. The van der Waals surface area contributed by atoms with Gasteiger partial charge in [0.1, 0.15) is 10.6 Å². The number of thiophene rings is 1. The number of nitrogens with one attached hydrogen (secondary N) is 1. The maximum atomic E-state index is 13.0. The number of hydrogen-bond acceptors (Lipinski definition) is 4. The van der Waals surface area contributed by atoms with Crippen molar-refractivity contribution in [3.8, 4) is 5.75 Å². The maximum Gasteiger partial charge on any atom is 0.267 e. The summed E-state index contributed by atoms with van der Waals surface area (Å²) in [5.41, 5.74) is 1.17. The third kappa shape index (κ3) is 3.92. The lowest BCUT2D eigenvalue weighted by Crippen LogP contribution is -2.14. The number of hydrogen-bond donors (Lipinski definition) is 1. The van der Waals surface area contributed by atoms with Crippen LogP contribution in [0.2, 0.25) is 10.0 Å². The molecule has 0 bridgehead atoms. The predicted molar refractivity (Wildman–Crippen MR) is 123 cm³/mol. The molecule has 4 rings (SSSR count). The van der Waals surface area contributed by atoms with Crippen molar-refractivity contribution in [2.45, 2.75) is 0 Å². The molecule has 1 N–H and O–H groups in total. The van der Waals surface area contributed by atoms with Gasteiger partial charge in [-0.2, -0.15) is 0 Å². The topological polar surface area (TPSA) is 55.4 Å². The number of ketones is 1. The second-order valence-corrected chi connectivity index (χ2v) is 8.31. The van der Waals surface area contributed by atoms with Gasteiger partial charge in [0.2, 0.25) is 0 Å². The zero-order chi connectivity index (χ0) is 21.3. The molecular weight excluding hydrogens is 441 g/mol. The zero-order valence-corrected chi connectivity index (χ0v) is 18.1. The van der Waals surface area contributed by atoms with Crippen LogP contribution in [0.25, 0.3) is 10.1 Å². The average Bonchev–Trinajstić information content (AvgIpc) is 3.11. The smallest absolute Gasteiger partial charge is 0.267 e. The predicted octanol–water partition coefficient (Wildman–Crippen LogP) is 6.70. The Kier molecular flexibility index (Phi) is 5.77. The largest absolute Gasteiger partial charge is 0.497 e. The second kappa shape index (κ2) is 8.48. The molecule has 0 aliphatic carbocycles. The van der Waals surface area contributed by atoms with Gasteiger partial charge in [0.25, 0.3) is 5.91 Å². The molecule has 0 unspecified atom stereocenters. The van der Waals surface area contributed by atoms with Crippen LogP contribution in [0.5, 0.6) is 5.75 Å². The quantitative estimate of drug-likeness (QED) is 0.340. The Hall–Kier alpha value is -2.86. The van der Waals surface area contributed by atoms with Crippen molar-refractivity contribution >= 4 is 62.0 Å². The highest BCUT2D eigenvalue weighted by Gasteiger charge is 2.21. The summed E-state index contributed by atoms with van der Waals surface area (Å²) < 4.78 is 6.10. The molecule has 0 atom stereocenters. The fourth-order valence-corrected chi connectivity index (χ4v) is 4.61. The normalized spacial score (nSPS) is 10.8. The minimum Gasteiger partial charge on any atom is -0.497 e. The Bertz CT molecular complexity index is 1270. The molecule has 3 aromatic carbocycles. The van der Waals surface area contributed by atoms with E-state index in [-0.39, 0.29) is 5.78 Å². The Morgan fingerprint density at radius 1 is 0.967 bits per heavy atom. The first-order chi connectivity index (χ1) is 14.5. The van der Waals surface area contributed by atoms with E-state index in [1.165, 1.54) is 11.3 Å². The van der Waals surface area contributed by atoms with Crippen LogP contribution < -0.4 is 10.1 Å². The van der Waals surface area contributed by atoms with Crippen molar-refractivity contribution in [1.82, 2.24) is 0 Å². The van der Waals surface area contributed by atoms with Crippen molar-refractivity contribution in [3.05, 3.63) is 92.8 Å². The molecule has 150 valence electrons. The van der Waals surface area contributed by atoms with Crippen molar-refractivity contribution in [2.24, 2.45) is 0 Å². The molecule has 0 spiro atoms. The molecule has 0 saturated carbocycles. The van der Waals surface area contributed by atoms with Crippen LogP contribution in [0, 0.1) is 0 Å². The van der Waals surface area contributed by atoms with E-state index in [0.29, 0.717) is 37.5 Å². The first-order valence-electron chi connectivity index (χ1n) is 8.94. The fourth-order valence-electron chi connectivity index (χ4n) is 3.06. The zero-order valence-electron chi connectivity index (χ0n) is 15.7. The van der Waals surface area contributed by atoms with Gasteiger partial charge in [-0.3, -0.25) is 9.59 Å². The number of carbonyl (C=O) groups excluding carboxylic acids is 2. The van der Waals surface area contributed by atoms with Crippen molar-refractivity contribution in [2.75, 3.05) is 12.4 Å². The number of methoxy groups -OCH3 is 1. The van der Waals surface area contributed by atoms with Gasteiger partial charge < -0.3 is 10.1 Å². The highest BCUT2D eigenvalue weighted by atomic mass is 35.5. The number of anilines is 1. The lowest BCUT2D eigenvalue weighted by atomic mass is 10.0. The molecule has 30 heavy (non-hydrogen) atoms. The number of halogens is 2. The molecule has 0 aliphatic rings. The number of ether oxygens (including phenoxy) is 1. The van der Waals surface area contributed by atoms with E-state index in [1.54, 1.807) is 55.6 Å². The van der Waals surface area contributed by atoms with Gasteiger partial charge in [0, 0.05) is 26.2 Å². The summed E-state index contributed by atoms with van der Waals surface area (Å²) in [4.78, 5) is 26.3. The number of amides is 1. The SMILES string of the molecule is COc1ccc2sc(C(=O)Nc3ccc(Cl)cc3C(=O)c3ccccc3)c(Cl)c2c1. The van der Waals surface area contributed by atoms with Gasteiger partial charge in [-0.15, -0.1) is 11.3 Å². The Morgan fingerprint density at radius 3 is 2.47 bits per heavy atom. The van der Waals surface area contributed by atoms with Crippen LogP contribution in [0.15, 0.2) is 66.7 Å². The molecule has 1 heterocycles. The Balaban J connectivity index is 1.70. The van der Waals surface area contributed by atoms with Gasteiger partial charge in [-0.1, -0.05) is 53.5 Å². The van der Waals surface area contributed by atoms with Gasteiger partial charge in [0.15, 0.2) is 5.78 Å². The summed E-state index contributed by atoms with van der Waals surface area (Å²) in [6.45, 7) is 0. The summed E-state index contributed by atoms with van der Waals surface area (Å²) in [5.74, 6) is 0.0211. The molecule has 0 saturated heterocycles. The summed E-state index contributed by atoms with van der Waals surface area (Å²) in [6, 6.07) is 19.0. The van der Waals surface area contributed by atoms with Gasteiger partial charge in [-0.25, -0.2) is 0 Å². The van der Waals surface area contributed by atoms with Gasteiger partial charge >= 0.3 is 0 Å². The molecule has 4 aromatic rings. The van der Waals surface area contributed by atoms with E-state index in [0.717, 1.165) is 10.1 Å². The average molecular weight is 456 g/mol. The lowest BCUT2D eigenvalue weighted by Gasteiger charge is -2.11. The molecule has 1 aromatic heterocycles. The molecule has 0 fully saturated rings. The maximum absolute atomic E-state index is 13.0. The summed E-state index contributed by atoms with van der Waals surface area (Å²) in [5, 5.41) is 4.30. The molecule has 1 amide bonds. The summed E-state index contributed by atoms with van der Waals surface area (Å²) >= 11 is 13.9. The summed E-state index contributed by atoms with van der Waals surface area (Å²) in [7, 11) is 1.57. The first-order valence-corrected chi connectivity index (χ1v) is 10.5. The van der Waals surface area contributed by atoms with Crippen molar-refractivity contribution in [3.63, 3.8) is 0 Å². The van der Waals surface area contributed by atoms with Crippen LogP contribution in [0.1, 0.15) is 25.6 Å². The fraction of sp³-hybridized carbons (Fsp3) is 0.0435. The Labute approximate surface area is 187 Å². The molecule has 7 heteroatoms. The number of carbonyl (C=O) groups is 2. The monoisotopic (exact) mass is 455 g/mol. The van der Waals surface area contributed by atoms with E-state index < -0.39 is 5.91 Å². The van der Waals surface area contributed by atoms with Crippen LogP contribution >= 0.6 is 34.5 Å². The van der Waals surface area contributed by atoms with Crippen LogP contribution in [0.3, 0.4) is 0 Å². The van der Waals surface area contributed by atoms with Crippen LogP contribution in [-0.4, -0.2) is 18.8 Å². The minimum absolute atomic E-state index is 0.236. The first kappa shape index (κ1) is 20.4. The second-order valence-electron chi connectivity index (χ2n) is 6.45. The van der Waals surface area contributed by atoms with E-state index in [1.807, 2.05) is 18.2 Å². The standard InChI is InChI=1S/C23H15Cl2NO3S/c1-29-15-8-10-19-17(12-15)20(25)22(30-19)23(28)26-18-9-7-14(24)11-16(18)21(27)13-5-3-2-4-6-13/h2-12H,1H3,(H,26,28). The van der Waals surface area contributed by atoms with E-state index in [2.05, 4.69) is 5.32 Å². The van der Waals surface area contributed by atoms with Crippen molar-refractivity contribution < 1.29 is 14.3 Å². The highest BCUT2D eigenvalue weighted by Crippen LogP contribution is 2.38. The number of rotatable bonds is 5. The molecule has 0 radical (unpaired) electrons. The lowest BCUT2D eigenvalue weighted by molar-refractivity contribution is 0.103. The van der Waals surface area contributed by atoms with Gasteiger partial charge in [0.05, 0.1) is 17.8 Å². The summed E-state index contributed by atoms with van der Waals surface area (Å²) in [6.07, 6.45) is 0. The molecule has 4 nitrogen and oxygen atoms in total. The highest BCUT2D eigenvalue weighted by molar-refractivity contribution is 7.21. The van der Waals surface area contributed by atoms with Crippen molar-refractivity contribution in [1.29, 1.82) is 0 Å². The third-order valence-electron chi connectivity index (χ3n) is 4.55. The number of benzene rings is 3. The van der Waals surface area contributed by atoms with Crippen LogP contribution in [0.4, 0.5) is 5.69 Å². The number of fused-ring (bicyclic) bond motifs is 1. The van der Waals surface area contributed by atoms with Crippen LogP contribution in [-0.2, 0) is 0 Å².